The molecule has 6 rings (SSSR count). The number of hydrogen-bond donors (Lipinski definition) is 2. The Bertz CT molecular complexity index is 2070. The predicted molar refractivity (Wildman–Crippen MR) is 176 cm³/mol. The number of rotatable bonds is 6. The van der Waals surface area contributed by atoms with Gasteiger partial charge in [0, 0.05) is 52.4 Å². The Hall–Kier alpha value is -4.88. The number of aromatic nitrogens is 3. The molecule has 2 aromatic heterocycles. The smallest absolute Gasteiger partial charge is 0.403 e. The summed E-state index contributed by atoms with van der Waals surface area (Å²) in [5.74, 6) is 5.37. The zero-order valence-electron chi connectivity index (χ0n) is 25.5. The van der Waals surface area contributed by atoms with E-state index < -0.39 is 23.7 Å². The Kier molecular flexibility index (Phi) is 8.45. The van der Waals surface area contributed by atoms with Crippen LogP contribution < -0.4 is 17.1 Å². The maximum atomic E-state index is 14.4. The van der Waals surface area contributed by atoms with Crippen molar-refractivity contribution in [2.24, 2.45) is 11.6 Å². The quantitative estimate of drug-likeness (QED) is 0.178. The molecule has 3 heterocycles. The molecule has 9 nitrogen and oxygen atoms in total. The summed E-state index contributed by atoms with van der Waals surface area (Å²) in [6.45, 7) is 1.76. The van der Waals surface area contributed by atoms with Gasteiger partial charge < -0.3 is 15.6 Å². The second-order valence-corrected chi connectivity index (χ2v) is 12.4. The number of alkyl halides is 3. The van der Waals surface area contributed by atoms with E-state index in [0.29, 0.717) is 34.7 Å². The second kappa shape index (κ2) is 12.4. The lowest BCUT2D eigenvalue weighted by atomic mass is 9.97. The van der Waals surface area contributed by atoms with Crippen LogP contribution in [0.25, 0.3) is 17.0 Å². The SMILES string of the molecule is CC1Cc2c(n3ncc(Cc4ccccc4)c3n(-c3ccc(/C(=C/N)N(C)N)cc3)c2=O)CN1C(=O)c1ccc(Br)c(C(F)(F)F)c1. The van der Waals surface area contributed by atoms with Crippen molar-refractivity contribution < 1.29 is 18.0 Å². The van der Waals surface area contributed by atoms with Crippen molar-refractivity contribution >= 4 is 33.2 Å². The number of fused-ring (bicyclic) bond motifs is 3. The van der Waals surface area contributed by atoms with Crippen LogP contribution >= 0.6 is 15.9 Å². The van der Waals surface area contributed by atoms with Gasteiger partial charge in [-0.25, -0.2) is 10.4 Å². The van der Waals surface area contributed by atoms with Crippen LogP contribution in [-0.2, 0) is 25.6 Å². The zero-order valence-corrected chi connectivity index (χ0v) is 27.1. The standard InChI is InChI=1S/C34H31BrF3N7O2/c1-20-14-26-30(19-43(20)32(46)23-10-13-28(35)27(16-23)34(36,37)38)45-31(24(18-41-45)15-21-6-4-3-5-7-21)44(33(26)47)25-11-8-22(9-12-25)29(17-39)42(2)40/h3-13,16-18,20H,14-15,19,39-40H2,1-2H3/b29-17-. The third-order valence-corrected chi connectivity index (χ3v) is 9.11. The van der Waals surface area contributed by atoms with Gasteiger partial charge in [-0.15, -0.1) is 0 Å². The van der Waals surface area contributed by atoms with Crippen LogP contribution in [0, 0.1) is 0 Å². The van der Waals surface area contributed by atoms with Gasteiger partial charge in [0.1, 0.15) is 5.65 Å². The molecule has 0 bridgehead atoms. The zero-order chi connectivity index (χ0) is 33.6. The van der Waals surface area contributed by atoms with Crippen molar-refractivity contribution in [1.29, 1.82) is 0 Å². The molecule has 13 heteroatoms. The van der Waals surface area contributed by atoms with Gasteiger partial charge in [-0.2, -0.15) is 18.3 Å². The summed E-state index contributed by atoms with van der Waals surface area (Å²) >= 11 is 2.94. The minimum atomic E-state index is -4.64. The first-order valence-electron chi connectivity index (χ1n) is 14.7. The largest absolute Gasteiger partial charge is 0.417 e. The molecule has 4 N–H and O–H groups in total. The van der Waals surface area contributed by atoms with Crippen molar-refractivity contribution in [1.82, 2.24) is 24.1 Å². The predicted octanol–water partition coefficient (Wildman–Crippen LogP) is 5.51. The second-order valence-electron chi connectivity index (χ2n) is 11.5. The summed E-state index contributed by atoms with van der Waals surface area (Å²) in [7, 11) is 1.67. The van der Waals surface area contributed by atoms with Crippen LogP contribution in [0.4, 0.5) is 13.2 Å². The summed E-state index contributed by atoms with van der Waals surface area (Å²) in [6.07, 6.45) is -0.865. The Morgan fingerprint density at radius 1 is 1.09 bits per heavy atom. The van der Waals surface area contributed by atoms with Crippen LogP contribution in [0.1, 0.15) is 50.8 Å². The van der Waals surface area contributed by atoms with Gasteiger partial charge in [-0.1, -0.05) is 58.4 Å². The van der Waals surface area contributed by atoms with Crippen molar-refractivity contribution in [2.75, 3.05) is 7.05 Å². The monoisotopic (exact) mass is 705 g/mol. The van der Waals surface area contributed by atoms with E-state index in [-0.39, 0.29) is 28.6 Å². The number of nitrogens with zero attached hydrogens (tertiary/aromatic N) is 5. The summed E-state index contributed by atoms with van der Waals surface area (Å²) in [5.41, 5.74) is 9.76. The summed E-state index contributed by atoms with van der Waals surface area (Å²) in [4.78, 5) is 29.6. The van der Waals surface area contributed by atoms with Gasteiger partial charge in [0.25, 0.3) is 11.5 Å². The number of hydrogen-bond acceptors (Lipinski definition) is 6. The van der Waals surface area contributed by atoms with E-state index in [1.165, 1.54) is 28.2 Å². The molecule has 0 saturated carbocycles. The molecule has 1 aliphatic rings. The minimum absolute atomic E-state index is 0.0157. The molecular formula is C34H31BrF3N7O2. The van der Waals surface area contributed by atoms with E-state index in [4.69, 9.17) is 16.7 Å². The lowest BCUT2D eigenvalue weighted by molar-refractivity contribution is -0.138. The van der Waals surface area contributed by atoms with E-state index in [1.807, 2.05) is 54.6 Å². The molecule has 0 fully saturated rings. The van der Waals surface area contributed by atoms with Crippen LogP contribution in [0.3, 0.4) is 0 Å². The first kappa shape index (κ1) is 32.1. The average molecular weight is 707 g/mol. The summed E-state index contributed by atoms with van der Waals surface area (Å²) in [6, 6.07) is 20.0. The maximum absolute atomic E-state index is 14.4. The van der Waals surface area contributed by atoms with E-state index in [2.05, 4.69) is 15.9 Å². The maximum Gasteiger partial charge on any atom is 0.417 e. The van der Waals surface area contributed by atoms with Gasteiger partial charge in [0.2, 0.25) is 0 Å². The number of halogens is 4. The Balaban J connectivity index is 1.49. The molecular weight excluding hydrogens is 675 g/mol. The van der Waals surface area contributed by atoms with E-state index in [0.717, 1.165) is 22.8 Å². The Labute approximate surface area is 276 Å². The first-order chi connectivity index (χ1) is 22.4. The fourth-order valence-electron chi connectivity index (χ4n) is 6.08. The van der Waals surface area contributed by atoms with Crippen LogP contribution in [-0.4, -0.2) is 43.1 Å². The molecule has 0 spiro atoms. The van der Waals surface area contributed by atoms with Crippen LogP contribution in [0.15, 0.2) is 94.5 Å². The molecule has 1 amide bonds. The minimum Gasteiger partial charge on any atom is -0.403 e. The van der Waals surface area contributed by atoms with Crippen LogP contribution in [0.2, 0.25) is 0 Å². The lowest BCUT2D eigenvalue weighted by Gasteiger charge is -2.35. The molecule has 0 saturated heterocycles. The number of amides is 1. The lowest BCUT2D eigenvalue weighted by Crippen LogP contribution is -2.46. The summed E-state index contributed by atoms with van der Waals surface area (Å²) in [5, 5.41) is 6.10. The molecule has 1 unspecified atom stereocenters. The molecule has 47 heavy (non-hydrogen) atoms. The fourth-order valence-corrected chi connectivity index (χ4v) is 6.55. The highest BCUT2D eigenvalue weighted by molar-refractivity contribution is 9.10. The van der Waals surface area contributed by atoms with Crippen LogP contribution in [0.5, 0.6) is 0 Å². The molecule has 1 aliphatic heterocycles. The highest BCUT2D eigenvalue weighted by atomic mass is 79.9. The molecule has 0 radical (unpaired) electrons. The van der Waals surface area contributed by atoms with Crippen molar-refractivity contribution in [3.05, 3.63) is 139 Å². The Morgan fingerprint density at radius 3 is 2.40 bits per heavy atom. The van der Waals surface area contributed by atoms with Crippen molar-refractivity contribution in [3.8, 4) is 5.69 Å². The fraction of sp³-hybridized carbons (Fsp3) is 0.206. The highest BCUT2D eigenvalue weighted by Gasteiger charge is 2.36. The van der Waals surface area contributed by atoms with E-state index in [9.17, 15) is 22.8 Å². The Morgan fingerprint density at radius 2 is 1.77 bits per heavy atom. The van der Waals surface area contributed by atoms with Gasteiger partial charge in [0.05, 0.1) is 35.4 Å². The van der Waals surface area contributed by atoms with Crippen molar-refractivity contribution in [2.45, 2.75) is 38.5 Å². The van der Waals surface area contributed by atoms with Gasteiger partial charge in [-0.3, -0.25) is 14.2 Å². The number of carbonyl (C=O) groups is 1. The van der Waals surface area contributed by atoms with E-state index >= 15 is 0 Å². The number of carbonyl (C=O) groups excluding carboxylic acids is 1. The molecule has 242 valence electrons. The number of nitrogens with two attached hydrogens (primary N) is 2. The third-order valence-electron chi connectivity index (χ3n) is 8.42. The van der Waals surface area contributed by atoms with Gasteiger partial charge >= 0.3 is 6.18 Å². The van der Waals surface area contributed by atoms with Gasteiger partial charge in [-0.05, 0) is 49.2 Å². The van der Waals surface area contributed by atoms with E-state index in [1.54, 1.807) is 29.3 Å². The molecule has 3 aromatic carbocycles. The number of hydrazine groups is 1. The normalized spacial score (nSPS) is 15.2. The summed E-state index contributed by atoms with van der Waals surface area (Å²) < 4.78 is 44.1. The first-order valence-corrected chi connectivity index (χ1v) is 15.5. The highest BCUT2D eigenvalue weighted by Crippen LogP contribution is 2.36. The molecule has 0 aliphatic carbocycles. The molecule has 5 aromatic rings. The molecule has 1 atom stereocenters. The topological polar surface area (TPSA) is 115 Å². The number of benzene rings is 3. The van der Waals surface area contributed by atoms with Crippen molar-refractivity contribution in [3.63, 3.8) is 0 Å². The third kappa shape index (κ3) is 5.92. The average Bonchev–Trinajstić information content (AvgIpc) is 3.44. The van der Waals surface area contributed by atoms with Gasteiger partial charge in [0.15, 0.2) is 0 Å².